The van der Waals surface area contributed by atoms with Crippen LogP contribution in [0, 0.1) is 47.3 Å². The van der Waals surface area contributed by atoms with Crippen LogP contribution in [0.25, 0.3) is 0 Å². The maximum Gasteiger partial charge on any atom is 0.126 e. The predicted octanol–water partition coefficient (Wildman–Crippen LogP) is 2.30. The lowest BCUT2D eigenvalue weighted by Crippen LogP contribution is -2.56. The highest BCUT2D eigenvalue weighted by atomic mass is 16.5. The van der Waals surface area contributed by atoms with Gasteiger partial charge in [0.25, 0.3) is 0 Å². The van der Waals surface area contributed by atoms with Crippen LogP contribution in [0.2, 0.25) is 0 Å². The van der Waals surface area contributed by atoms with Gasteiger partial charge in [0.15, 0.2) is 0 Å². The van der Waals surface area contributed by atoms with E-state index >= 15 is 0 Å². The molecule has 4 bridgehead atoms. The van der Waals surface area contributed by atoms with Crippen LogP contribution in [0.3, 0.4) is 0 Å². The second kappa shape index (κ2) is 3.09. The molecule has 2 heteroatoms. The average Bonchev–Trinajstić information content (AvgIpc) is 3.13. The van der Waals surface area contributed by atoms with Crippen molar-refractivity contribution in [2.45, 2.75) is 24.7 Å². The minimum absolute atomic E-state index is 0.117. The first-order valence-electron chi connectivity index (χ1n) is 8.87. The highest BCUT2D eigenvalue weighted by Gasteiger charge is 2.92. The van der Waals surface area contributed by atoms with Gasteiger partial charge in [0.05, 0.1) is 6.10 Å². The van der Waals surface area contributed by atoms with Crippen molar-refractivity contribution in [1.82, 2.24) is 5.32 Å². The third kappa shape index (κ3) is 0.898. The van der Waals surface area contributed by atoms with Gasteiger partial charge in [-0.15, -0.1) is 0 Å². The molecule has 2 aliphatic heterocycles. The molecule has 7 aliphatic rings. The molecule has 10 atom stereocenters. The molecular formula is C19H21NO. The van der Waals surface area contributed by atoms with Crippen LogP contribution in [0.5, 0.6) is 0 Å². The highest BCUT2D eigenvalue weighted by molar-refractivity contribution is 5.38. The van der Waals surface area contributed by atoms with E-state index in [0.29, 0.717) is 6.10 Å². The zero-order valence-electron chi connectivity index (χ0n) is 12.1. The normalized spacial score (nSPS) is 62.2. The molecule has 0 aromatic heterocycles. The molecule has 2 saturated heterocycles. The molecule has 0 radical (unpaired) electrons. The minimum atomic E-state index is 0.117. The standard InChI is InChI=1S/C19H21NO/c1-2-4-9(5-3-1)6-7-20-19-16-11-8-10-12-13(11)17(19)15(12)18(21-19)14(10)16/h1-5,10-18,20H,6-8H2. The van der Waals surface area contributed by atoms with Crippen LogP contribution in [-0.4, -0.2) is 18.4 Å². The minimum Gasteiger partial charge on any atom is -0.356 e. The van der Waals surface area contributed by atoms with E-state index in [-0.39, 0.29) is 5.72 Å². The first-order valence-corrected chi connectivity index (χ1v) is 8.87. The van der Waals surface area contributed by atoms with Crippen molar-refractivity contribution in [2.75, 3.05) is 6.54 Å². The summed E-state index contributed by atoms with van der Waals surface area (Å²) in [5.41, 5.74) is 1.56. The Labute approximate surface area is 125 Å². The van der Waals surface area contributed by atoms with E-state index in [0.717, 1.165) is 60.3 Å². The molecule has 7 fully saturated rings. The van der Waals surface area contributed by atoms with E-state index in [2.05, 4.69) is 35.6 Å². The summed E-state index contributed by atoms with van der Waals surface area (Å²) in [6.45, 7) is 1.08. The van der Waals surface area contributed by atoms with E-state index in [9.17, 15) is 0 Å². The van der Waals surface area contributed by atoms with Gasteiger partial charge in [-0.1, -0.05) is 30.3 Å². The highest BCUT2D eigenvalue weighted by Crippen LogP contribution is 2.89. The summed E-state index contributed by atoms with van der Waals surface area (Å²) in [5.74, 6) is 7.92. The van der Waals surface area contributed by atoms with E-state index < -0.39 is 0 Å². The van der Waals surface area contributed by atoms with Crippen molar-refractivity contribution < 1.29 is 4.74 Å². The quantitative estimate of drug-likeness (QED) is 0.913. The first kappa shape index (κ1) is 10.8. The zero-order chi connectivity index (χ0) is 13.3. The number of ether oxygens (including phenoxy) is 1. The monoisotopic (exact) mass is 279 g/mol. The topological polar surface area (TPSA) is 21.3 Å². The fraction of sp³-hybridized carbons (Fsp3) is 0.684. The van der Waals surface area contributed by atoms with Crippen LogP contribution in [-0.2, 0) is 11.2 Å². The van der Waals surface area contributed by atoms with Gasteiger partial charge in [0, 0.05) is 18.4 Å². The van der Waals surface area contributed by atoms with E-state index in [1.807, 2.05) is 0 Å². The molecule has 2 heterocycles. The van der Waals surface area contributed by atoms with Gasteiger partial charge in [-0.25, -0.2) is 0 Å². The first-order chi connectivity index (χ1) is 10.4. The van der Waals surface area contributed by atoms with Crippen LogP contribution < -0.4 is 5.32 Å². The second-order valence-electron chi connectivity index (χ2n) is 8.46. The molecule has 5 saturated carbocycles. The molecule has 5 aliphatic carbocycles. The lowest BCUT2D eigenvalue weighted by atomic mass is 9.59. The fourth-order valence-electron chi connectivity index (χ4n) is 8.34. The molecule has 2 nitrogen and oxygen atoms in total. The maximum atomic E-state index is 6.68. The number of hydrogen-bond acceptors (Lipinski definition) is 2. The lowest BCUT2D eigenvalue weighted by Gasteiger charge is -2.46. The van der Waals surface area contributed by atoms with E-state index in [1.54, 1.807) is 6.42 Å². The predicted molar refractivity (Wildman–Crippen MR) is 78.3 cm³/mol. The van der Waals surface area contributed by atoms with Crippen molar-refractivity contribution in [3.05, 3.63) is 35.9 Å². The number of benzene rings is 1. The van der Waals surface area contributed by atoms with Gasteiger partial charge < -0.3 is 4.74 Å². The van der Waals surface area contributed by atoms with E-state index in [1.165, 1.54) is 5.56 Å². The largest absolute Gasteiger partial charge is 0.356 e. The third-order valence-corrected chi connectivity index (χ3v) is 8.36. The molecule has 8 rings (SSSR count). The summed E-state index contributed by atoms with van der Waals surface area (Å²) in [5, 5.41) is 3.95. The molecule has 108 valence electrons. The Bertz CT molecular complexity index is 634. The van der Waals surface area contributed by atoms with Gasteiger partial charge >= 0.3 is 0 Å². The molecule has 1 aromatic rings. The van der Waals surface area contributed by atoms with Crippen molar-refractivity contribution >= 4 is 0 Å². The summed E-state index contributed by atoms with van der Waals surface area (Å²) in [6, 6.07) is 10.9. The number of nitrogens with one attached hydrogen (secondary N) is 1. The van der Waals surface area contributed by atoms with Gasteiger partial charge in [-0.05, 0) is 53.9 Å². The van der Waals surface area contributed by atoms with Crippen molar-refractivity contribution in [1.29, 1.82) is 0 Å². The Morgan fingerprint density at radius 3 is 2.81 bits per heavy atom. The van der Waals surface area contributed by atoms with Crippen LogP contribution in [0.4, 0.5) is 0 Å². The maximum absolute atomic E-state index is 6.68. The second-order valence-corrected chi connectivity index (χ2v) is 8.46. The van der Waals surface area contributed by atoms with Crippen molar-refractivity contribution in [2.24, 2.45) is 47.3 Å². The molecule has 21 heavy (non-hydrogen) atoms. The Morgan fingerprint density at radius 2 is 1.90 bits per heavy atom. The Balaban J connectivity index is 1.19. The summed E-state index contributed by atoms with van der Waals surface area (Å²) in [4.78, 5) is 0. The summed E-state index contributed by atoms with van der Waals surface area (Å²) in [7, 11) is 0. The van der Waals surface area contributed by atoms with Crippen LogP contribution >= 0.6 is 0 Å². The average molecular weight is 279 g/mol. The SMILES string of the molecule is c1ccc(CCNC23OC4C5C6CC(C7C6C4C72)C53)cc1. The smallest absolute Gasteiger partial charge is 0.126 e. The van der Waals surface area contributed by atoms with Gasteiger partial charge in [-0.3, -0.25) is 5.32 Å². The summed E-state index contributed by atoms with van der Waals surface area (Å²) < 4.78 is 6.68. The lowest BCUT2D eigenvalue weighted by molar-refractivity contribution is -0.0570. The van der Waals surface area contributed by atoms with Gasteiger partial charge in [-0.2, -0.15) is 0 Å². The van der Waals surface area contributed by atoms with Crippen LogP contribution in [0.1, 0.15) is 12.0 Å². The zero-order valence-corrected chi connectivity index (χ0v) is 12.1. The molecule has 1 aromatic carbocycles. The van der Waals surface area contributed by atoms with Gasteiger partial charge in [0.1, 0.15) is 5.72 Å². The fourth-order valence-corrected chi connectivity index (χ4v) is 8.34. The molecular weight excluding hydrogens is 258 g/mol. The van der Waals surface area contributed by atoms with Gasteiger partial charge in [0.2, 0.25) is 0 Å². The van der Waals surface area contributed by atoms with Crippen molar-refractivity contribution in [3.63, 3.8) is 0 Å². The van der Waals surface area contributed by atoms with Crippen LogP contribution in [0.15, 0.2) is 30.3 Å². The summed E-state index contributed by atoms with van der Waals surface area (Å²) >= 11 is 0. The number of rotatable bonds is 4. The Kier molecular flexibility index (Phi) is 1.59. The molecule has 0 amide bonds. The molecule has 1 N–H and O–H groups in total. The Morgan fingerprint density at radius 1 is 1.00 bits per heavy atom. The number of hydrogen-bond donors (Lipinski definition) is 1. The van der Waals surface area contributed by atoms with E-state index in [4.69, 9.17) is 4.74 Å². The third-order valence-electron chi connectivity index (χ3n) is 8.36. The summed E-state index contributed by atoms with van der Waals surface area (Å²) in [6.07, 6.45) is 3.34. The Hall–Kier alpha value is -0.860. The molecule has 10 unspecified atom stereocenters. The molecule has 0 spiro atoms. The van der Waals surface area contributed by atoms with Crippen molar-refractivity contribution in [3.8, 4) is 0 Å².